The zero-order valence-corrected chi connectivity index (χ0v) is 14.7. The average Bonchev–Trinajstić information content (AvgIpc) is 2.62. The highest BCUT2D eigenvalue weighted by molar-refractivity contribution is 7.80. The monoisotopic (exact) mass is 375 g/mol. The highest BCUT2D eigenvalue weighted by Gasteiger charge is 2.09. The maximum atomic E-state index is 12.2. The number of hydrogen-bond acceptors (Lipinski definition) is 6. The first-order valence-electron chi connectivity index (χ1n) is 7.58. The maximum Gasteiger partial charge on any atom is 0.269 e. The lowest BCUT2D eigenvalue weighted by Gasteiger charge is -2.10. The number of ether oxygens (including phenoxy) is 2. The van der Waals surface area contributed by atoms with Gasteiger partial charge in [-0.3, -0.25) is 20.2 Å². The Labute approximate surface area is 155 Å². The molecule has 2 aromatic carbocycles. The van der Waals surface area contributed by atoms with Gasteiger partial charge in [0.05, 0.1) is 11.5 Å². The molecule has 0 spiro atoms. The van der Waals surface area contributed by atoms with Crippen molar-refractivity contribution in [2.75, 3.05) is 25.6 Å². The fraction of sp³-hybridized carbons (Fsp3) is 0.176. The van der Waals surface area contributed by atoms with Crippen LogP contribution in [0.4, 0.5) is 11.4 Å². The number of carbonyl (C=O) groups excluding carboxylic acids is 1. The van der Waals surface area contributed by atoms with Crippen molar-refractivity contribution < 1.29 is 19.2 Å². The van der Waals surface area contributed by atoms with Crippen LogP contribution in [0.5, 0.6) is 5.75 Å². The molecule has 0 bridgehead atoms. The van der Waals surface area contributed by atoms with E-state index in [-0.39, 0.29) is 16.7 Å². The fourth-order valence-electron chi connectivity index (χ4n) is 1.95. The molecule has 2 rings (SSSR count). The third kappa shape index (κ3) is 5.80. The van der Waals surface area contributed by atoms with Crippen LogP contribution in [-0.2, 0) is 4.74 Å². The number of methoxy groups -OCH3 is 1. The minimum absolute atomic E-state index is 0.0293. The summed E-state index contributed by atoms with van der Waals surface area (Å²) in [7, 11) is 1.59. The SMILES string of the molecule is COCCOc1ccc(C(=O)NC(=S)Nc2ccc([N+](=O)[O-])cc2)cc1. The van der Waals surface area contributed by atoms with E-state index in [0.29, 0.717) is 30.2 Å². The topological polar surface area (TPSA) is 103 Å². The maximum absolute atomic E-state index is 12.2. The van der Waals surface area contributed by atoms with Gasteiger partial charge in [0.1, 0.15) is 12.4 Å². The highest BCUT2D eigenvalue weighted by atomic mass is 32.1. The molecule has 0 radical (unpaired) electrons. The smallest absolute Gasteiger partial charge is 0.269 e. The predicted octanol–water partition coefficient (Wildman–Crippen LogP) is 2.75. The van der Waals surface area contributed by atoms with Crippen LogP contribution in [0.2, 0.25) is 0 Å². The van der Waals surface area contributed by atoms with Gasteiger partial charge >= 0.3 is 0 Å². The third-order valence-corrected chi connectivity index (χ3v) is 3.44. The first-order valence-corrected chi connectivity index (χ1v) is 7.99. The number of benzene rings is 2. The van der Waals surface area contributed by atoms with Gasteiger partial charge in [0.2, 0.25) is 0 Å². The van der Waals surface area contributed by atoms with Gasteiger partial charge in [-0.15, -0.1) is 0 Å². The Kier molecular flexibility index (Phi) is 7.01. The Morgan fingerprint density at radius 1 is 1.12 bits per heavy atom. The van der Waals surface area contributed by atoms with E-state index in [1.54, 1.807) is 31.4 Å². The summed E-state index contributed by atoms with van der Waals surface area (Å²) in [4.78, 5) is 22.3. The van der Waals surface area contributed by atoms with E-state index in [9.17, 15) is 14.9 Å². The number of nitro groups is 1. The Morgan fingerprint density at radius 3 is 2.35 bits per heavy atom. The van der Waals surface area contributed by atoms with Crippen LogP contribution in [0.3, 0.4) is 0 Å². The summed E-state index contributed by atoms with van der Waals surface area (Å²) in [6, 6.07) is 12.3. The molecule has 0 heterocycles. The summed E-state index contributed by atoms with van der Waals surface area (Å²) in [6.07, 6.45) is 0. The summed E-state index contributed by atoms with van der Waals surface area (Å²) in [6.45, 7) is 0.899. The van der Waals surface area contributed by atoms with Crippen LogP contribution < -0.4 is 15.4 Å². The molecule has 0 unspecified atom stereocenters. The van der Waals surface area contributed by atoms with Crippen molar-refractivity contribution in [2.45, 2.75) is 0 Å². The molecule has 136 valence electrons. The quantitative estimate of drug-likeness (QED) is 0.332. The number of nitro benzene ring substituents is 1. The zero-order valence-electron chi connectivity index (χ0n) is 13.9. The largest absolute Gasteiger partial charge is 0.491 e. The van der Waals surface area contributed by atoms with E-state index >= 15 is 0 Å². The van der Waals surface area contributed by atoms with Gasteiger partial charge in [-0.2, -0.15) is 0 Å². The van der Waals surface area contributed by atoms with Gasteiger partial charge in [-0.05, 0) is 48.6 Å². The highest BCUT2D eigenvalue weighted by Crippen LogP contribution is 2.15. The number of nitrogens with one attached hydrogen (secondary N) is 2. The van der Waals surface area contributed by atoms with Crippen molar-refractivity contribution in [3.63, 3.8) is 0 Å². The van der Waals surface area contributed by atoms with Gasteiger partial charge in [0, 0.05) is 30.5 Å². The number of non-ortho nitro benzene ring substituents is 1. The zero-order chi connectivity index (χ0) is 18.9. The van der Waals surface area contributed by atoms with E-state index < -0.39 is 4.92 Å². The molecule has 0 atom stereocenters. The summed E-state index contributed by atoms with van der Waals surface area (Å²) in [5.74, 6) is 0.248. The van der Waals surface area contributed by atoms with Crippen LogP contribution in [0.1, 0.15) is 10.4 Å². The van der Waals surface area contributed by atoms with Crippen LogP contribution in [0.15, 0.2) is 48.5 Å². The van der Waals surface area contributed by atoms with E-state index in [0.717, 1.165) is 0 Å². The average molecular weight is 375 g/mol. The lowest BCUT2D eigenvalue weighted by Crippen LogP contribution is -2.34. The number of anilines is 1. The number of carbonyl (C=O) groups is 1. The number of rotatable bonds is 7. The van der Waals surface area contributed by atoms with Crippen LogP contribution in [-0.4, -0.2) is 36.3 Å². The standard InChI is InChI=1S/C17H17N3O5S/c1-24-10-11-25-15-8-2-12(3-9-15)16(21)19-17(26)18-13-4-6-14(7-5-13)20(22)23/h2-9H,10-11H2,1H3,(H2,18,19,21,26). The Balaban J connectivity index is 1.88. The van der Waals surface area contributed by atoms with Crippen molar-refractivity contribution in [3.05, 3.63) is 64.2 Å². The van der Waals surface area contributed by atoms with E-state index in [2.05, 4.69) is 10.6 Å². The Morgan fingerprint density at radius 2 is 1.77 bits per heavy atom. The van der Waals surface area contributed by atoms with Gasteiger partial charge in [0.25, 0.3) is 11.6 Å². The molecule has 0 aliphatic rings. The number of amides is 1. The second-order valence-electron chi connectivity index (χ2n) is 5.08. The number of nitrogens with zero attached hydrogens (tertiary/aromatic N) is 1. The number of hydrogen-bond donors (Lipinski definition) is 2. The fourth-order valence-corrected chi connectivity index (χ4v) is 2.16. The molecule has 0 aliphatic heterocycles. The summed E-state index contributed by atoms with van der Waals surface area (Å²) in [5.41, 5.74) is 0.915. The molecule has 0 fully saturated rings. The Bertz CT molecular complexity index is 778. The molecule has 0 aromatic heterocycles. The van der Waals surface area contributed by atoms with Crippen molar-refractivity contribution in [2.24, 2.45) is 0 Å². The lowest BCUT2D eigenvalue weighted by atomic mass is 10.2. The molecule has 8 nitrogen and oxygen atoms in total. The summed E-state index contributed by atoms with van der Waals surface area (Å²) < 4.78 is 10.3. The van der Waals surface area contributed by atoms with Crippen molar-refractivity contribution >= 4 is 34.6 Å². The second-order valence-corrected chi connectivity index (χ2v) is 5.49. The van der Waals surface area contributed by atoms with Gasteiger partial charge in [-0.1, -0.05) is 0 Å². The molecule has 0 saturated carbocycles. The number of thiocarbonyl (C=S) groups is 1. The molecular formula is C17H17N3O5S. The summed E-state index contributed by atoms with van der Waals surface area (Å²) >= 11 is 5.08. The summed E-state index contributed by atoms with van der Waals surface area (Å²) in [5, 5.41) is 16.0. The molecule has 2 aromatic rings. The molecule has 9 heteroatoms. The lowest BCUT2D eigenvalue weighted by molar-refractivity contribution is -0.384. The predicted molar refractivity (Wildman–Crippen MR) is 101 cm³/mol. The molecule has 26 heavy (non-hydrogen) atoms. The first-order chi connectivity index (χ1) is 12.5. The molecule has 1 amide bonds. The van der Waals surface area contributed by atoms with Crippen LogP contribution >= 0.6 is 12.2 Å². The van der Waals surface area contributed by atoms with Crippen LogP contribution in [0.25, 0.3) is 0 Å². The second kappa shape index (κ2) is 9.44. The molecular weight excluding hydrogens is 358 g/mol. The molecule has 0 aliphatic carbocycles. The van der Waals surface area contributed by atoms with Gasteiger partial charge < -0.3 is 14.8 Å². The van der Waals surface area contributed by atoms with E-state index in [1.165, 1.54) is 24.3 Å². The minimum Gasteiger partial charge on any atom is -0.491 e. The Hall–Kier alpha value is -3.04. The first kappa shape index (κ1) is 19.3. The molecule has 2 N–H and O–H groups in total. The van der Waals surface area contributed by atoms with E-state index in [4.69, 9.17) is 21.7 Å². The van der Waals surface area contributed by atoms with Crippen LogP contribution in [0, 0.1) is 10.1 Å². The minimum atomic E-state index is -0.494. The van der Waals surface area contributed by atoms with Crippen molar-refractivity contribution in [1.82, 2.24) is 5.32 Å². The van der Waals surface area contributed by atoms with Gasteiger partial charge in [0.15, 0.2) is 5.11 Å². The third-order valence-electron chi connectivity index (χ3n) is 3.24. The normalized spacial score (nSPS) is 10.0. The van der Waals surface area contributed by atoms with Crippen molar-refractivity contribution in [1.29, 1.82) is 0 Å². The van der Waals surface area contributed by atoms with Crippen molar-refractivity contribution in [3.8, 4) is 5.75 Å². The molecule has 0 saturated heterocycles. The van der Waals surface area contributed by atoms with Gasteiger partial charge in [-0.25, -0.2) is 0 Å². The van der Waals surface area contributed by atoms with E-state index in [1.807, 2.05) is 0 Å².